The summed E-state index contributed by atoms with van der Waals surface area (Å²) in [4.78, 5) is 14.6. The summed E-state index contributed by atoms with van der Waals surface area (Å²) in [5.74, 6) is -0.574. The Hall–Kier alpha value is -1.88. The molecule has 0 unspecified atom stereocenters. The molecule has 0 saturated carbocycles. The van der Waals surface area contributed by atoms with Gasteiger partial charge in [0.25, 0.3) is 5.91 Å². The zero-order valence-corrected chi connectivity index (χ0v) is 16.4. The zero-order valence-electron chi connectivity index (χ0n) is 15.6. The van der Waals surface area contributed by atoms with Gasteiger partial charge in [0.05, 0.1) is 0 Å². The monoisotopic (exact) mass is 389 g/mol. The zero-order chi connectivity index (χ0) is 19.2. The summed E-state index contributed by atoms with van der Waals surface area (Å²) in [6.07, 6.45) is 5.89. The third-order valence-electron chi connectivity index (χ3n) is 4.90. The standard InChI is InChI=1S/C22H25F2NOS/c1-2-3-4-5-6-16-7-9-17(10-8-16)21(26)25-13-14-27-22(25)19-12-11-18(23)15-20(19)24/h7-12,15,22H,2-6,13-14H2,1H3/t22-/m0/s1. The van der Waals surface area contributed by atoms with Gasteiger partial charge in [0.1, 0.15) is 17.0 Å². The van der Waals surface area contributed by atoms with Crippen LogP contribution in [0.15, 0.2) is 42.5 Å². The molecule has 0 bridgehead atoms. The van der Waals surface area contributed by atoms with E-state index in [2.05, 4.69) is 6.92 Å². The van der Waals surface area contributed by atoms with Crippen molar-refractivity contribution in [2.75, 3.05) is 12.3 Å². The second-order valence-corrected chi connectivity index (χ2v) is 8.08. The van der Waals surface area contributed by atoms with Crippen molar-refractivity contribution in [3.8, 4) is 0 Å². The lowest BCUT2D eigenvalue weighted by Gasteiger charge is -2.24. The van der Waals surface area contributed by atoms with Crippen molar-refractivity contribution in [2.45, 2.75) is 44.4 Å². The lowest BCUT2D eigenvalue weighted by atomic mass is 10.0. The maximum atomic E-state index is 14.2. The second kappa shape index (κ2) is 9.36. The van der Waals surface area contributed by atoms with Crippen molar-refractivity contribution in [2.24, 2.45) is 0 Å². The summed E-state index contributed by atoms with van der Waals surface area (Å²) in [5.41, 5.74) is 2.21. The smallest absolute Gasteiger partial charge is 0.255 e. The van der Waals surface area contributed by atoms with Gasteiger partial charge in [-0.3, -0.25) is 4.79 Å². The van der Waals surface area contributed by atoms with Crippen LogP contribution in [-0.2, 0) is 6.42 Å². The summed E-state index contributed by atoms with van der Waals surface area (Å²) in [5, 5.41) is -0.410. The summed E-state index contributed by atoms with van der Waals surface area (Å²) in [6, 6.07) is 11.3. The molecule has 1 fully saturated rings. The molecule has 0 aromatic heterocycles. The first-order valence-corrected chi connectivity index (χ1v) is 10.6. The van der Waals surface area contributed by atoms with E-state index < -0.39 is 17.0 Å². The Bertz CT molecular complexity index is 778. The number of carbonyl (C=O) groups is 1. The summed E-state index contributed by atoms with van der Waals surface area (Å²) in [7, 11) is 0. The van der Waals surface area contributed by atoms with E-state index in [4.69, 9.17) is 0 Å². The number of thioether (sulfide) groups is 1. The van der Waals surface area contributed by atoms with E-state index in [1.807, 2.05) is 24.3 Å². The van der Waals surface area contributed by atoms with Crippen LogP contribution in [0.25, 0.3) is 0 Å². The molecule has 1 amide bonds. The van der Waals surface area contributed by atoms with Gasteiger partial charge >= 0.3 is 0 Å². The predicted molar refractivity (Wildman–Crippen MR) is 107 cm³/mol. The third-order valence-corrected chi connectivity index (χ3v) is 6.14. The molecule has 1 aliphatic heterocycles. The summed E-state index contributed by atoms with van der Waals surface area (Å²) >= 11 is 1.51. The van der Waals surface area contributed by atoms with Crippen LogP contribution in [0.4, 0.5) is 8.78 Å². The average molecular weight is 390 g/mol. The Morgan fingerprint density at radius 3 is 2.59 bits per heavy atom. The molecule has 2 aromatic rings. The first-order chi connectivity index (χ1) is 13.1. The average Bonchev–Trinajstić information content (AvgIpc) is 3.14. The number of nitrogens with zero attached hydrogens (tertiary/aromatic N) is 1. The van der Waals surface area contributed by atoms with Crippen LogP contribution in [0.1, 0.15) is 59.5 Å². The molecule has 2 aromatic carbocycles. The molecule has 5 heteroatoms. The Balaban J connectivity index is 1.69. The maximum absolute atomic E-state index is 14.2. The largest absolute Gasteiger partial charge is 0.322 e. The highest BCUT2D eigenvalue weighted by atomic mass is 32.2. The first-order valence-electron chi connectivity index (χ1n) is 9.56. The highest BCUT2D eigenvalue weighted by molar-refractivity contribution is 7.99. The van der Waals surface area contributed by atoms with Gasteiger partial charge in [0.15, 0.2) is 0 Å². The molecule has 3 rings (SSSR count). The van der Waals surface area contributed by atoms with Crippen LogP contribution in [0.5, 0.6) is 0 Å². The minimum absolute atomic E-state index is 0.105. The Kier molecular flexibility index (Phi) is 6.89. The van der Waals surface area contributed by atoms with Crippen molar-refractivity contribution in [1.29, 1.82) is 0 Å². The highest BCUT2D eigenvalue weighted by Crippen LogP contribution is 2.39. The molecule has 144 valence electrons. The van der Waals surface area contributed by atoms with E-state index in [1.165, 1.54) is 48.7 Å². The number of hydrogen-bond acceptors (Lipinski definition) is 2. The fourth-order valence-electron chi connectivity index (χ4n) is 3.37. The number of unbranched alkanes of at least 4 members (excludes halogenated alkanes) is 3. The Morgan fingerprint density at radius 2 is 1.89 bits per heavy atom. The normalized spacial score (nSPS) is 16.7. The number of hydrogen-bond donors (Lipinski definition) is 0. The molecule has 0 spiro atoms. The number of amides is 1. The number of carbonyl (C=O) groups excluding carboxylic acids is 1. The molecule has 27 heavy (non-hydrogen) atoms. The van der Waals surface area contributed by atoms with Crippen LogP contribution >= 0.6 is 11.8 Å². The Labute approximate surface area is 164 Å². The van der Waals surface area contributed by atoms with Gasteiger partial charge in [-0.25, -0.2) is 8.78 Å². The van der Waals surface area contributed by atoms with Crippen LogP contribution in [0.3, 0.4) is 0 Å². The minimum atomic E-state index is -0.605. The Morgan fingerprint density at radius 1 is 1.11 bits per heavy atom. The first kappa shape index (κ1) is 19.9. The van der Waals surface area contributed by atoms with Crippen molar-refractivity contribution in [1.82, 2.24) is 4.90 Å². The van der Waals surface area contributed by atoms with Gasteiger partial charge in [0, 0.05) is 29.5 Å². The van der Waals surface area contributed by atoms with Gasteiger partial charge < -0.3 is 4.90 Å². The van der Waals surface area contributed by atoms with Gasteiger partial charge in [-0.15, -0.1) is 11.8 Å². The topological polar surface area (TPSA) is 20.3 Å². The molecule has 0 N–H and O–H groups in total. The van der Waals surface area contributed by atoms with Crippen LogP contribution in [0, 0.1) is 11.6 Å². The van der Waals surface area contributed by atoms with E-state index in [1.54, 1.807) is 4.90 Å². The van der Waals surface area contributed by atoms with Gasteiger partial charge in [0.2, 0.25) is 0 Å². The fourth-order valence-corrected chi connectivity index (χ4v) is 4.65. The summed E-state index contributed by atoms with van der Waals surface area (Å²) in [6.45, 7) is 2.76. The van der Waals surface area contributed by atoms with E-state index in [-0.39, 0.29) is 5.91 Å². The number of benzene rings is 2. The molecule has 0 aliphatic carbocycles. The lowest BCUT2D eigenvalue weighted by Crippen LogP contribution is -2.30. The van der Waals surface area contributed by atoms with E-state index >= 15 is 0 Å². The van der Waals surface area contributed by atoms with E-state index in [0.29, 0.717) is 17.7 Å². The lowest BCUT2D eigenvalue weighted by molar-refractivity contribution is 0.0759. The van der Waals surface area contributed by atoms with Crippen LogP contribution in [-0.4, -0.2) is 23.1 Å². The van der Waals surface area contributed by atoms with Crippen molar-refractivity contribution < 1.29 is 13.6 Å². The van der Waals surface area contributed by atoms with Crippen LogP contribution in [0.2, 0.25) is 0 Å². The number of aryl methyl sites for hydroxylation is 1. The second-order valence-electron chi connectivity index (χ2n) is 6.90. The predicted octanol–water partition coefficient (Wildman–Crippen LogP) is 5.98. The SMILES string of the molecule is CCCCCCc1ccc(C(=O)N2CCS[C@H]2c2ccc(F)cc2F)cc1. The number of halogens is 2. The van der Waals surface area contributed by atoms with Crippen molar-refractivity contribution in [3.05, 3.63) is 70.8 Å². The molecule has 1 atom stereocenters. The van der Waals surface area contributed by atoms with Crippen molar-refractivity contribution >= 4 is 17.7 Å². The molecule has 1 aliphatic rings. The molecule has 1 heterocycles. The van der Waals surface area contributed by atoms with E-state index in [0.717, 1.165) is 24.7 Å². The van der Waals surface area contributed by atoms with Gasteiger partial charge in [-0.05, 0) is 36.6 Å². The molecule has 0 radical (unpaired) electrons. The molecule has 1 saturated heterocycles. The molecule has 2 nitrogen and oxygen atoms in total. The number of rotatable bonds is 7. The minimum Gasteiger partial charge on any atom is -0.322 e. The molecular formula is C22H25F2NOS. The fraction of sp³-hybridized carbons (Fsp3) is 0.409. The maximum Gasteiger partial charge on any atom is 0.255 e. The quantitative estimate of drug-likeness (QED) is 0.543. The van der Waals surface area contributed by atoms with Crippen molar-refractivity contribution in [3.63, 3.8) is 0 Å². The third kappa shape index (κ3) is 4.89. The van der Waals surface area contributed by atoms with Gasteiger partial charge in [-0.1, -0.05) is 44.4 Å². The van der Waals surface area contributed by atoms with E-state index in [9.17, 15) is 13.6 Å². The van der Waals surface area contributed by atoms with Gasteiger partial charge in [-0.2, -0.15) is 0 Å². The molecular weight excluding hydrogens is 364 g/mol. The highest BCUT2D eigenvalue weighted by Gasteiger charge is 2.33. The summed E-state index contributed by atoms with van der Waals surface area (Å²) < 4.78 is 27.4. The van der Waals surface area contributed by atoms with Crippen LogP contribution < -0.4 is 0 Å².